The summed E-state index contributed by atoms with van der Waals surface area (Å²) in [5.41, 5.74) is 4.97. The largest absolute Gasteiger partial charge is 0.347 e. The monoisotopic (exact) mass is 453 g/mol. The molecular formula is C25H25Cl2N3O. The van der Waals surface area contributed by atoms with Crippen LogP contribution in [-0.2, 0) is 13.5 Å². The summed E-state index contributed by atoms with van der Waals surface area (Å²) < 4.78 is 2.07. The van der Waals surface area contributed by atoms with Crippen molar-refractivity contribution in [3.8, 4) is 6.07 Å². The third kappa shape index (κ3) is 4.05. The number of halogens is 2. The lowest BCUT2D eigenvalue weighted by atomic mass is 9.98. The number of piperidine rings is 1. The summed E-state index contributed by atoms with van der Waals surface area (Å²) in [6, 6.07) is 11.6. The predicted octanol–water partition coefficient (Wildman–Crippen LogP) is 6.13. The first-order valence-electron chi connectivity index (χ1n) is 10.5. The first-order chi connectivity index (χ1) is 14.8. The van der Waals surface area contributed by atoms with Gasteiger partial charge in [-0.25, -0.2) is 0 Å². The molecule has 1 saturated heterocycles. The molecule has 0 spiro atoms. The van der Waals surface area contributed by atoms with Crippen molar-refractivity contribution in [3.63, 3.8) is 0 Å². The molecule has 1 aliphatic heterocycles. The Morgan fingerprint density at radius 3 is 2.74 bits per heavy atom. The van der Waals surface area contributed by atoms with Crippen molar-refractivity contribution in [2.24, 2.45) is 13.0 Å². The molecule has 0 N–H and O–H groups in total. The maximum absolute atomic E-state index is 13.2. The van der Waals surface area contributed by atoms with Crippen LogP contribution in [-0.4, -0.2) is 28.5 Å². The van der Waals surface area contributed by atoms with Crippen molar-refractivity contribution in [1.82, 2.24) is 9.47 Å². The lowest BCUT2D eigenvalue weighted by Gasteiger charge is -2.31. The Morgan fingerprint density at radius 1 is 1.26 bits per heavy atom. The molecule has 0 aliphatic carbocycles. The third-order valence-corrected chi connectivity index (χ3v) is 7.10. The second kappa shape index (κ2) is 8.57. The summed E-state index contributed by atoms with van der Waals surface area (Å²) in [5.74, 6) is 0.474. The average Bonchev–Trinajstić information content (AvgIpc) is 3.06. The summed E-state index contributed by atoms with van der Waals surface area (Å²) in [7, 11) is 1.98. The standard InChI is InChI=1S/C25H25Cl2N3O/c1-15-5-4-8-30(14-15)25(31)19-6-7-22(26)21(24(19)27)12-18-11-20-16(2)9-17(13-28)10-23(20)29(18)3/h6-7,9-11,15H,4-5,8,12,14H2,1-3H3. The van der Waals surface area contributed by atoms with Gasteiger partial charge in [0.1, 0.15) is 0 Å². The number of carbonyl (C=O) groups is 1. The van der Waals surface area contributed by atoms with Crippen molar-refractivity contribution in [2.45, 2.75) is 33.1 Å². The topological polar surface area (TPSA) is 49.0 Å². The van der Waals surface area contributed by atoms with E-state index in [1.807, 2.05) is 31.0 Å². The number of hydrogen-bond acceptors (Lipinski definition) is 2. The molecule has 160 valence electrons. The summed E-state index contributed by atoms with van der Waals surface area (Å²) in [6.45, 7) is 5.71. The molecule has 1 aromatic heterocycles. The molecule has 1 aliphatic rings. The second-order valence-electron chi connectivity index (χ2n) is 8.60. The normalized spacial score (nSPS) is 16.5. The number of aryl methyl sites for hydroxylation is 2. The number of rotatable bonds is 3. The van der Waals surface area contributed by atoms with Crippen LogP contribution >= 0.6 is 23.2 Å². The van der Waals surface area contributed by atoms with E-state index in [1.165, 1.54) is 0 Å². The number of aromatic nitrogens is 1. The Balaban J connectivity index is 1.72. The van der Waals surface area contributed by atoms with Gasteiger partial charge in [0.05, 0.1) is 22.2 Å². The van der Waals surface area contributed by atoms with E-state index in [9.17, 15) is 10.1 Å². The molecule has 0 radical (unpaired) electrons. The maximum Gasteiger partial charge on any atom is 0.255 e. The van der Waals surface area contributed by atoms with Gasteiger partial charge in [0.15, 0.2) is 0 Å². The van der Waals surface area contributed by atoms with Crippen LogP contribution in [0.5, 0.6) is 0 Å². The smallest absolute Gasteiger partial charge is 0.255 e. The quantitative estimate of drug-likeness (QED) is 0.478. The molecule has 4 rings (SSSR count). The van der Waals surface area contributed by atoms with E-state index in [0.29, 0.717) is 33.5 Å². The van der Waals surface area contributed by atoms with Gasteiger partial charge < -0.3 is 9.47 Å². The van der Waals surface area contributed by atoms with E-state index in [4.69, 9.17) is 23.2 Å². The molecule has 6 heteroatoms. The van der Waals surface area contributed by atoms with Gasteiger partial charge in [-0.2, -0.15) is 5.26 Å². The number of amides is 1. The van der Waals surface area contributed by atoms with Crippen molar-refractivity contribution in [3.05, 3.63) is 68.3 Å². The Bertz CT molecular complexity index is 1220. The Morgan fingerprint density at radius 2 is 2.03 bits per heavy atom. The summed E-state index contributed by atoms with van der Waals surface area (Å²) in [4.78, 5) is 15.1. The highest BCUT2D eigenvalue weighted by molar-refractivity contribution is 6.38. The molecule has 4 nitrogen and oxygen atoms in total. The molecule has 2 aromatic carbocycles. The number of nitriles is 1. The van der Waals surface area contributed by atoms with Crippen molar-refractivity contribution >= 4 is 40.0 Å². The number of likely N-dealkylation sites (tertiary alicyclic amines) is 1. The first kappa shape index (κ1) is 21.7. The molecule has 0 bridgehead atoms. The number of fused-ring (bicyclic) bond motifs is 1. The lowest BCUT2D eigenvalue weighted by Crippen LogP contribution is -2.39. The van der Waals surface area contributed by atoms with Crippen molar-refractivity contribution in [2.75, 3.05) is 13.1 Å². The average molecular weight is 454 g/mol. The van der Waals surface area contributed by atoms with E-state index in [2.05, 4.69) is 23.6 Å². The zero-order valence-corrected chi connectivity index (χ0v) is 19.5. The maximum atomic E-state index is 13.2. The third-order valence-electron chi connectivity index (χ3n) is 6.32. The molecule has 1 amide bonds. The predicted molar refractivity (Wildman–Crippen MR) is 126 cm³/mol. The lowest BCUT2D eigenvalue weighted by molar-refractivity contribution is 0.0683. The van der Waals surface area contributed by atoms with Crippen molar-refractivity contribution < 1.29 is 4.79 Å². The van der Waals surface area contributed by atoms with Crippen molar-refractivity contribution in [1.29, 1.82) is 5.26 Å². The van der Waals surface area contributed by atoms with Gasteiger partial charge in [0.2, 0.25) is 0 Å². The Hall–Kier alpha value is -2.48. The van der Waals surface area contributed by atoms with Crippen LogP contribution in [0.1, 0.15) is 52.5 Å². The summed E-state index contributed by atoms with van der Waals surface area (Å²) >= 11 is 13.3. The van der Waals surface area contributed by atoms with E-state index >= 15 is 0 Å². The van der Waals surface area contributed by atoms with Gasteiger partial charge in [-0.15, -0.1) is 0 Å². The number of carbonyl (C=O) groups excluding carboxylic acids is 1. The molecule has 1 fully saturated rings. The van der Waals surface area contributed by atoms with E-state index in [0.717, 1.165) is 53.7 Å². The minimum atomic E-state index is -0.0268. The SMILES string of the molecule is Cc1cc(C#N)cc2c1cc(Cc1c(Cl)ccc(C(=O)N3CCCC(C)C3)c1Cl)n2C. The van der Waals surface area contributed by atoms with Gasteiger partial charge in [-0.05, 0) is 67.1 Å². The fraction of sp³-hybridized carbons (Fsp3) is 0.360. The second-order valence-corrected chi connectivity index (χ2v) is 9.38. The van der Waals surface area contributed by atoms with Crippen LogP contribution < -0.4 is 0 Å². The van der Waals surface area contributed by atoms with Crippen LogP contribution in [0.2, 0.25) is 10.0 Å². The fourth-order valence-electron chi connectivity index (χ4n) is 4.55. The number of hydrogen-bond donors (Lipinski definition) is 0. The van der Waals surface area contributed by atoms with Crippen LogP contribution in [0.15, 0.2) is 30.3 Å². The first-order valence-corrected chi connectivity index (χ1v) is 11.3. The summed E-state index contributed by atoms with van der Waals surface area (Å²) in [6.07, 6.45) is 2.67. The van der Waals surface area contributed by atoms with Gasteiger partial charge in [-0.3, -0.25) is 4.79 Å². The molecular weight excluding hydrogens is 429 g/mol. The van der Waals surface area contributed by atoms with Crippen LogP contribution in [0.4, 0.5) is 0 Å². The van der Waals surface area contributed by atoms with E-state index in [1.54, 1.807) is 12.1 Å². The van der Waals surface area contributed by atoms with Crippen LogP contribution in [0.3, 0.4) is 0 Å². The Kier molecular flexibility index (Phi) is 6.01. The highest BCUT2D eigenvalue weighted by Crippen LogP contribution is 2.33. The van der Waals surface area contributed by atoms with Gasteiger partial charge >= 0.3 is 0 Å². The highest BCUT2D eigenvalue weighted by Gasteiger charge is 2.25. The number of nitrogens with zero attached hydrogens (tertiary/aromatic N) is 3. The fourth-order valence-corrected chi connectivity index (χ4v) is 5.13. The molecule has 31 heavy (non-hydrogen) atoms. The van der Waals surface area contributed by atoms with E-state index in [-0.39, 0.29) is 5.91 Å². The molecule has 0 saturated carbocycles. The molecule has 1 atom stereocenters. The van der Waals surface area contributed by atoms with Gasteiger partial charge in [-0.1, -0.05) is 30.1 Å². The zero-order chi connectivity index (χ0) is 22.3. The Labute approximate surface area is 193 Å². The molecule has 2 heterocycles. The van der Waals surface area contributed by atoms with Gasteiger partial charge in [0, 0.05) is 48.2 Å². The summed E-state index contributed by atoms with van der Waals surface area (Å²) in [5, 5.41) is 11.4. The van der Waals surface area contributed by atoms with E-state index < -0.39 is 0 Å². The highest BCUT2D eigenvalue weighted by atomic mass is 35.5. The number of benzene rings is 2. The van der Waals surface area contributed by atoms with Crippen LogP contribution in [0, 0.1) is 24.2 Å². The van der Waals surface area contributed by atoms with Crippen LogP contribution in [0.25, 0.3) is 10.9 Å². The van der Waals surface area contributed by atoms with Gasteiger partial charge in [0.25, 0.3) is 5.91 Å². The molecule has 3 aromatic rings. The minimum absolute atomic E-state index is 0.0268. The zero-order valence-electron chi connectivity index (χ0n) is 18.0. The molecule has 1 unspecified atom stereocenters. The minimum Gasteiger partial charge on any atom is -0.347 e.